The van der Waals surface area contributed by atoms with Gasteiger partial charge in [0.2, 0.25) is 0 Å². The lowest BCUT2D eigenvalue weighted by molar-refractivity contribution is 0.0698. The summed E-state index contributed by atoms with van der Waals surface area (Å²) in [7, 11) is 2.17. The highest BCUT2D eigenvalue weighted by atomic mass is 32.1. The largest absolute Gasteiger partial charge is 0.392 e. The molecule has 0 aromatic heterocycles. The predicted molar refractivity (Wildman–Crippen MR) is 59.9 cm³/mol. The van der Waals surface area contributed by atoms with Crippen LogP contribution in [0, 0.1) is 0 Å². The number of nitrogens with zero attached hydrogens (tertiary/aromatic N) is 2. The van der Waals surface area contributed by atoms with Crippen molar-refractivity contribution in [3.63, 3.8) is 0 Å². The van der Waals surface area contributed by atoms with Gasteiger partial charge in [-0.05, 0) is 20.9 Å². The lowest BCUT2D eigenvalue weighted by Gasteiger charge is -2.42. The van der Waals surface area contributed by atoms with Crippen LogP contribution in [0.3, 0.4) is 0 Å². The zero-order valence-electron chi connectivity index (χ0n) is 8.66. The Kier molecular flexibility index (Phi) is 3.64. The van der Waals surface area contributed by atoms with E-state index in [0.29, 0.717) is 17.1 Å². The molecule has 4 heteroatoms. The number of piperazine rings is 1. The number of hydrogen-bond donors (Lipinski definition) is 1. The van der Waals surface area contributed by atoms with E-state index in [2.05, 4.69) is 30.7 Å². The lowest BCUT2D eigenvalue weighted by atomic mass is 10.1. The van der Waals surface area contributed by atoms with Crippen molar-refractivity contribution in [1.82, 2.24) is 9.80 Å². The topological polar surface area (TPSA) is 32.5 Å². The molecule has 1 aliphatic heterocycles. The lowest BCUT2D eigenvalue weighted by Crippen LogP contribution is -2.56. The van der Waals surface area contributed by atoms with Crippen LogP contribution in [0.1, 0.15) is 13.8 Å². The van der Waals surface area contributed by atoms with E-state index in [9.17, 15) is 0 Å². The molecule has 2 atom stereocenters. The molecule has 0 amide bonds. The molecule has 1 rings (SSSR count). The van der Waals surface area contributed by atoms with Crippen LogP contribution in [0.15, 0.2) is 0 Å². The fraction of sp³-hybridized carbons (Fsp3) is 0.889. The Morgan fingerprint density at radius 1 is 1.38 bits per heavy atom. The van der Waals surface area contributed by atoms with Gasteiger partial charge in [0.1, 0.15) is 0 Å². The molecule has 1 aliphatic rings. The minimum absolute atomic E-state index is 0.595. The van der Waals surface area contributed by atoms with E-state index < -0.39 is 0 Å². The zero-order valence-corrected chi connectivity index (χ0v) is 9.47. The molecule has 0 bridgehead atoms. The Balaban J connectivity index is 2.48. The van der Waals surface area contributed by atoms with Gasteiger partial charge in [-0.1, -0.05) is 12.2 Å². The number of thiocarbonyl (C=S) groups is 1. The standard InChI is InChI=1S/C9H19N3S/c1-7-4-12(6-9(10)13)5-8(2)11(7)3/h7-8H,4-6H2,1-3H3,(H2,10,13). The van der Waals surface area contributed by atoms with Gasteiger partial charge in [0.25, 0.3) is 0 Å². The number of rotatable bonds is 2. The summed E-state index contributed by atoms with van der Waals surface area (Å²) >= 11 is 4.91. The van der Waals surface area contributed by atoms with E-state index in [1.165, 1.54) is 0 Å². The van der Waals surface area contributed by atoms with Crippen molar-refractivity contribution in [2.24, 2.45) is 5.73 Å². The van der Waals surface area contributed by atoms with E-state index in [0.717, 1.165) is 19.6 Å². The highest BCUT2D eigenvalue weighted by Crippen LogP contribution is 2.12. The quantitative estimate of drug-likeness (QED) is 0.651. The SMILES string of the molecule is CC1CN(CC(N)=S)CC(C)N1C. The van der Waals surface area contributed by atoms with Crippen molar-refractivity contribution in [1.29, 1.82) is 0 Å². The Bertz CT molecular complexity index is 183. The molecule has 2 N–H and O–H groups in total. The second-order valence-electron chi connectivity index (χ2n) is 4.02. The third-order valence-corrected chi connectivity index (χ3v) is 2.94. The monoisotopic (exact) mass is 201 g/mol. The summed E-state index contributed by atoms with van der Waals surface area (Å²) in [6.45, 7) is 7.37. The van der Waals surface area contributed by atoms with Crippen molar-refractivity contribution < 1.29 is 0 Å². The van der Waals surface area contributed by atoms with E-state index in [4.69, 9.17) is 18.0 Å². The summed E-state index contributed by atoms with van der Waals surface area (Å²) in [4.78, 5) is 5.33. The third kappa shape index (κ3) is 2.90. The van der Waals surface area contributed by atoms with Crippen molar-refractivity contribution in [2.45, 2.75) is 25.9 Å². The average Bonchev–Trinajstić information content (AvgIpc) is 1.98. The maximum absolute atomic E-state index is 5.52. The fourth-order valence-corrected chi connectivity index (χ4v) is 2.05. The first-order chi connectivity index (χ1) is 6.00. The molecule has 0 aromatic carbocycles. The van der Waals surface area contributed by atoms with Crippen molar-refractivity contribution >= 4 is 17.2 Å². The fourth-order valence-electron chi connectivity index (χ4n) is 1.86. The molecular weight excluding hydrogens is 182 g/mol. The van der Waals surface area contributed by atoms with Gasteiger partial charge in [0, 0.05) is 31.7 Å². The highest BCUT2D eigenvalue weighted by Gasteiger charge is 2.26. The van der Waals surface area contributed by atoms with E-state index >= 15 is 0 Å². The van der Waals surface area contributed by atoms with Gasteiger partial charge in [0.15, 0.2) is 0 Å². The van der Waals surface area contributed by atoms with Crippen LogP contribution in [0.5, 0.6) is 0 Å². The molecule has 0 aromatic rings. The average molecular weight is 201 g/mol. The molecule has 0 radical (unpaired) electrons. The zero-order chi connectivity index (χ0) is 10.0. The Morgan fingerprint density at radius 3 is 2.23 bits per heavy atom. The molecule has 1 fully saturated rings. The number of nitrogens with two attached hydrogens (primary N) is 1. The van der Waals surface area contributed by atoms with Crippen molar-refractivity contribution in [3.8, 4) is 0 Å². The van der Waals surface area contributed by atoms with Gasteiger partial charge in [0.05, 0.1) is 4.99 Å². The molecule has 0 spiro atoms. The highest BCUT2D eigenvalue weighted by molar-refractivity contribution is 7.80. The van der Waals surface area contributed by atoms with Crippen LogP contribution < -0.4 is 5.73 Å². The predicted octanol–water partition coefficient (Wildman–Crippen LogP) is 0.297. The summed E-state index contributed by atoms with van der Waals surface area (Å²) in [6.07, 6.45) is 0. The smallest absolute Gasteiger partial charge is 0.0870 e. The minimum Gasteiger partial charge on any atom is -0.392 e. The van der Waals surface area contributed by atoms with Gasteiger partial charge in [-0.3, -0.25) is 9.80 Å². The van der Waals surface area contributed by atoms with E-state index in [1.807, 2.05) is 0 Å². The summed E-state index contributed by atoms with van der Waals surface area (Å²) < 4.78 is 0. The minimum atomic E-state index is 0.595. The first-order valence-corrected chi connectivity index (χ1v) is 5.14. The first kappa shape index (κ1) is 10.9. The maximum atomic E-state index is 5.52. The van der Waals surface area contributed by atoms with Crippen LogP contribution >= 0.6 is 12.2 Å². The normalized spacial score (nSPS) is 31.9. The van der Waals surface area contributed by atoms with Crippen LogP contribution in [-0.2, 0) is 0 Å². The van der Waals surface area contributed by atoms with Crippen molar-refractivity contribution in [2.75, 3.05) is 26.7 Å². The summed E-state index contributed by atoms with van der Waals surface area (Å²) in [6, 6.07) is 1.19. The molecule has 3 nitrogen and oxygen atoms in total. The summed E-state index contributed by atoms with van der Waals surface area (Å²) in [5, 5.41) is 0. The Labute approximate surface area is 85.9 Å². The van der Waals surface area contributed by atoms with Gasteiger partial charge in [-0.25, -0.2) is 0 Å². The molecule has 2 unspecified atom stereocenters. The number of likely N-dealkylation sites (N-methyl/N-ethyl adjacent to an activating group) is 1. The van der Waals surface area contributed by atoms with Gasteiger partial charge in [-0.2, -0.15) is 0 Å². The van der Waals surface area contributed by atoms with Gasteiger partial charge < -0.3 is 5.73 Å². The maximum Gasteiger partial charge on any atom is 0.0870 e. The molecule has 1 saturated heterocycles. The molecule has 0 aliphatic carbocycles. The van der Waals surface area contributed by atoms with E-state index in [1.54, 1.807) is 0 Å². The summed E-state index contributed by atoms with van der Waals surface area (Å²) in [5.41, 5.74) is 5.52. The van der Waals surface area contributed by atoms with Gasteiger partial charge >= 0.3 is 0 Å². The second kappa shape index (κ2) is 4.35. The van der Waals surface area contributed by atoms with Gasteiger partial charge in [-0.15, -0.1) is 0 Å². The van der Waals surface area contributed by atoms with Crippen LogP contribution in [0.2, 0.25) is 0 Å². The molecule has 0 saturated carbocycles. The van der Waals surface area contributed by atoms with Crippen LogP contribution in [0.4, 0.5) is 0 Å². The van der Waals surface area contributed by atoms with E-state index in [-0.39, 0.29) is 0 Å². The Morgan fingerprint density at radius 2 is 1.85 bits per heavy atom. The second-order valence-corrected chi connectivity index (χ2v) is 4.55. The molecule has 13 heavy (non-hydrogen) atoms. The molecule has 76 valence electrons. The van der Waals surface area contributed by atoms with Crippen LogP contribution in [-0.4, -0.2) is 53.6 Å². The van der Waals surface area contributed by atoms with Crippen LogP contribution in [0.25, 0.3) is 0 Å². The third-order valence-electron chi connectivity index (χ3n) is 2.81. The number of hydrogen-bond acceptors (Lipinski definition) is 3. The molecular formula is C9H19N3S. The summed E-state index contributed by atoms with van der Waals surface area (Å²) in [5.74, 6) is 0. The Hall–Kier alpha value is -0.190. The molecule has 1 heterocycles. The first-order valence-electron chi connectivity index (χ1n) is 4.73. The van der Waals surface area contributed by atoms with Crippen molar-refractivity contribution in [3.05, 3.63) is 0 Å².